The fraction of sp³-hybridized carbons (Fsp3) is 0.292. The minimum absolute atomic E-state index is 0.0960. The first kappa shape index (κ1) is 23.8. The average Bonchev–Trinajstić information content (AvgIpc) is 3.19. The highest BCUT2D eigenvalue weighted by Crippen LogP contribution is 2.26. The molecule has 0 fully saturated rings. The summed E-state index contributed by atoms with van der Waals surface area (Å²) in [5, 5.41) is 9.73. The second-order valence-electron chi connectivity index (χ2n) is 8.64. The molecule has 2 heterocycles. The van der Waals surface area contributed by atoms with Crippen LogP contribution < -0.4 is 10.3 Å². The van der Waals surface area contributed by atoms with E-state index < -0.39 is 22.8 Å². The quantitative estimate of drug-likeness (QED) is 0.573. The third kappa shape index (κ3) is 4.95. The summed E-state index contributed by atoms with van der Waals surface area (Å²) in [5.74, 6) is -1.98. The van der Waals surface area contributed by atoms with E-state index in [-0.39, 0.29) is 35.5 Å². The summed E-state index contributed by atoms with van der Waals surface area (Å²) in [7, 11) is 0. The molecule has 0 unspecified atom stereocenters. The molecule has 0 saturated heterocycles. The van der Waals surface area contributed by atoms with E-state index in [1.54, 1.807) is 4.90 Å². The van der Waals surface area contributed by atoms with Gasteiger partial charge in [0, 0.05) is 24.7 Å². The number of ether oxygens (including phenoxy) is 1. The van der Waals surface area contributed by atoms with E-state index in [1.165, 1.54) is 30.8 Å². The van der Waals surface area contributed by atoms with E-state index in [0.717, 1.165) is 28.8 Å². The second-order valence-corrected chi connectivity index (χ2v) is 9.02. The van der Waals surface area contributed by atoms with Crippen LogP contribution in [0.1, 0.15) is 36.1 Å². The van der Waals surface area contributed by atoms with Crippen LogP contribution in [0.25, 0.3) is 0 Å². The number of aromatic nitrogens is 2. The van der Waals surface area contributed by atoms with Gasteiger partial charge in [0.2, 0.25) is 5.88 Å². The van der Waals surface area contributed by atoms with E-state index in [1.807, 2.05) is 18.2 Å². The van der Waals surface area contributed by atoms with Crippen LogP contribution in [0.15, 0.2) is 47.5 Å². The lowest BCUT2D eigenvalue weighted by Gasteiger charge is -2.24. The molecule has 10 heteroatoms. The Morgan fingerprint density at radius 3 is 2.62 bits per heavy atom. The largest absolute Gasteiger partial charge is 0.471 e. The number of benzene rings is 2. The zero-order chi connectivity index (χ0) is 24.6. The van der Waals surface area contributed by atoms with Crippen molar-refractivity contribution in [2.75, 3.05) is 0 Å². The molecule has 7 nitrogen and oxygen atoms in total. The van der Waals surface area contributed by atoms with Crippen LogP contribution in [-0.4, -0.2) is 31.1 Å². The Labute approximate surface area is 199 Å². The molecule has 0 aliphatic carbocycles. The normalized spacial score (nSPS) is 13.2. The molecule has 1 amide bonds. The number of fused-ring (bicyclic) bond motifs is 1. The number of nitrogens with zero attached hydrogens (tertiary/aromatic N) is 3. The maximum absolute atomic E-state index is 13.8. The van der Waals surface area contributed by atoms with Crippen molar-refractivity contribution in [1.29, 1.82) is 0 Å². The van der Waals surface area contributed by atoms with Crippen LogP contribution >= 0.6 is 11.6 Å². The SMILES string of the molecule is CC(C)(O)C(=O)N1Cc2ccc(Cn3cnc(OCc4ccc(F)cc4F)c(Cl)c3=O)cc2C1. The Hall–Kier alpha value is -3.30. The molecule has 0 bridgehead atoms. The van der Waals surface area contributed by atoms with Crippen molar-refractivity contribution < 1.29 is 23.4 Å². The number of amides is 1. The lowest BCUT2D eigenvalue weighted by molar-refractivity contribution is -0.148. The average molecular weight is 490 g/mol. The first-order valence-electron chi connectivity index (χ1n) is 10.5. The number of rotatable bonds is 6. The van der Waals surface area contributed by atoms with Crippen molar-refractivity contribution in [3.63, 3.8) is 0 Å². The molecule has 0 radical (unpaired) electrons. The molecule has 1 aromatic heterocycles. The van der Waals surface area contributed by atoms with Crippen LogP contribution in [-0.2, 0) is 31.0 Å². The summed E-state index contributed by atoms with van der Waals surface area (Å²) in [6.45, 7) is 3.60. The number of aliphatic hydroxyl groups is 1. The fourth-order valence-corrected chi connectivity index (χ4v) is 3.93. The van der Waals surface area contributed by atoms with Crippen LogP contribution in [0.5, 0.6) is 5.88 Å². The molecular weight excluding hydrogens is 468 g/mol. The maximum Gasteiger partial charge on any atom is 0.276 e. The Balaban J connectivity index is 1.47. The molecule has 1 aliphatic heterocycles. The Morgan fingerprint density at radius 1 is 1.18 bits per heavy atom. The van der Waals surface area contributed by atoms with Crippen molar-refractivity contribution in [1.82, 2.24) is 14.5 Å². The monoisotopic (exact) mass is 489 g/mol. The lowest BCUT2D eigenvalue weighted by atomic mass is 10.1. The molecule has 0 saturated carbocycles. The van der Waals surface area contributed by atoms with Gasteiger partial charge in [0.05, 0.1) is 6.54 Å². The van der Waals surface area contributed by atoms with E-state index in [2.05, 4.69) is 4.98 Å². The van der Waals surface area contributed by atoms with Gasteiger partial charge in [0.1, 0.15) is 30.2 Å². The summed E-state index contributed by atoms with van der Waals surface area (Å²) in [6, 6.07) is 8.71. The van der Waals surface area contributed by atoms with Gasteiger partial charge < -0.3 is 14.7 Å². The van der Waals surface area contributed by atoms with Gasteiger partial charge in [-0.1, -0.05) is 29.8 Å². The van der Waals surface area contributed by atoms with Crippen LogP contribution in [0, 0.1) is 11.6 Å². The second kappa shape index (κ2) is 9.15. The van der Waals surface area contributed by atoms with Gasteiger partial charge >= 0.3 is 0 Å². The number of carbonyl (C=O) groups is 1. The molecule has 0 atom stereocenters. The van der Waals surface area contributed by atoms with Gasteiger partial charge in [-0.25, -0.2) is 13.8 Å². The minimum Gasteiger partial charge on any atom is -0.471 e. The van der Waals surface area contributed by atoms with Gasteiger partial charge in [-0.15, -0.1) is 0 Å². The van der Waals surface area contributed by atoms with Gasteiger partial charge in [-0.3, -0.25) is 14.2 Å². The molecule has 1 N–H and O–H groups in total. The molecular formula is C24H22ClF2N3O4. The Morgan fingerprint density at radius 2 is 1.91 bits per heavy atom. The van der Waals surface area contributed by atoms with Crippen molar-refractivity contribution in [3.8, 4) is 5.88 Å². The number of hydrogen-bond donors (Lipinski definition) is 1. The molecule has 34 heavy (non-hydrogen) atoms. The zero-order valence-electron chi connectivity index (χ0n) is 18.5. The summed E-state index contributed by atoms with van der Waals surface area (Å²) < 4.78 is 33.5. The van der Waals surface area contributed by atoms with E-state index >= 15 is 0 Å². The van der Waals surface area contributed by atoms with Crippen molar-refractivity contribution in [2.45, 2.75) is 45.7 Å². The zero-order valence-corrected chi connectivity index (χ0v) is 19.3. The van der Waals surface area contributed by atoms with Gasteiger partial charge in [-0.2, -0.15) is 0 Å². The summed E-state index contributed by atoms with van der Waals surface area (Å²) >= 11 is 6.14. The first-order chi connectivity index (χ1) is 16.0. The molecule has 1 aliphatic rings. The molecule has 0 spiro atoms. The van der Waals surface area contributed by atoms with Crippen LogP contribution in [0.3, 0.4) is 0 Å². The molecule has 4 rings (SSSR count). The third-order valence-corrected chi connectivity index (χ3v) is 5.81. The molecule has 3 aromatic rings. The molecule has 2 aromatic carbocycles. The highest BCUT2D eigenvalue weighted by molar-refractivity contribution is 6.31. The van der Waals surface area contributed by atoms with E-state index in [4.69, 9.17) is 16.3 Å². The summed E-state index contributed by atoms with van der Waals surface area (Å²) in [4.78, 5) is 30.7. The Bertz CT molecular complexity index is 1320. The fourth-order valence-electron chi connectivity index (χ4n) is 3.72. The number of halogens is 3. The summed E-state index contributed by atoms with van der Waals surface area (Å²) in [5.41, 5.74) is 0.820. The topological polar surface area (TPSA) is 84.7 Å². The van der Waals surface area contributed by atoms with Gasteiger partial charge in [0.25, 0.3) is 11.5 Å². The number of carbonyl (C=O) groups excluding carboxylic acids is 1. The minimum atomic E-state index is -1.45. The van der Waals surface area contributed by atoms with E-state index in [0.29, 0.717) is 13.1 Å². The van der Waals surface area contributed by atoms with Crippen molar-refractivity contribution in [2.24, 2.45) is 0 Å². The highest BCUT2D eigenvalue weighted by atomic mass is 35.5. The van der Waals surface area contributed by atoms with Crippen LogP contribution in [0.4, 0.5) is 8.78 Å². The first-order valence-corrected chi connectivity index (χ1v) is 10.8. The van der Waals surface area contributed by atoms with Crippen molar-refractivity contribution >= 4 is 17.5 Å². The van der Waals surface area contributed by atoms with Crippen molar-refractivity contribution in [3.05, 3.63) is 92.0 Å². The summed E-state index contributed by atoms with van der Waals surface area (Å²) in [6.07, 6.45) is 1.28. The predicted molar refractivity (Wildman–Crippen MR) is 120 cm³/mol. The van der Waals surface area contributed by atoms with Gasteiger partial charge in [0.15, 0.2) is 5.02 Å². The standard InChI is InChI=1S/C24H22ClF2N3O4/c1-24(2,33)23(32)29-10-15-4-3-14(7-17(15)11-29)9-30-13-28-21(20(25)22(30)31)34-12-16-5-6-18(26)8-19(16)27/h3-8,13,33H,9-12H2,1-2H3. The Kier molecular flexibility index (Phi) is 6.42. The number of hydrogen-bond acceptors (Lipinski definition) is 5. The highest BCUT2D eigenvalue weighted by Gasteiger charge is 2.33. The van der Waals surface area contributed by atoms with Crippen LogP contribution in [0.2, 0.25) is 5.02 Å². The third-order valence-electron chi connectivity index (χ3n) is 5.49. The van der Waals surface area contributed by atoms with E-state index in [9.17, 15) is 23.5 Å². The smallest absolute Gasteiger partial charge is 0.276 e. The molecule has 178 valence electrons. The predicted octanol–water partition coefficient (Wildman–Crippen LogP) is 3.42. The lowest BCUT2D eigenvalue weighted by Crippen LogP contribution is -2.42. The maximum atomic E-state index is 13.8. The van der Waals surface area contributed by atoms with Gasteiger partial charge in [-0.05, 0) is 42.7 Å².